The lowest BCUT2D eigenvalue weighted by molar-refractivity contribution is -0.140. The van der Waals surface area contributed by atoms with Crippen molar-refractivity contribution >= 4 is 17.8 Å². The lowest BCUT2D eigenvalue weighted by Crippen LogP contribution is -2.43. The van der Waals surface area contributed by atoms with E-state index in [1.165, 1.54) is 23.1 Å². The van der Waals surface area contributed by atoms with Crippen LogP contribution in [0, 0.1) is 35.3 Å². The molecule has 8 heteroatoms. The van der Waals surface area contributed by atoms with Crippen LogP contribution < -0.4 is 10.6 Å². The smallest absolute Gasteiger partial charge is 0.233 e. The summed E-state index contributed by atoms with van der Waals surface area (Å²) in [7, 11) is 0. The molecule has 160 valence electrons. The van der Waals surface area contributed by atoms with Crippen LogP contribution in [0.15, 0.2) is 35.3 Å². The van der Waals surface area contributed by atoms with Gasteiger partial charge in [0.15, 0.2) is 5.96 Å². The number of benzene rings is 1. The number of allylic oxidation sites excluding steroid dienone is 2. The van der Waals surface area contributed by atoms with E-state index in [0.717, 1.165) is 6.42 Å². The maximum Gasteiger partial charge on any atom is 0.233 e. The van der Waals surface area contributed by atoms with Crippen molar-refractivity contribution in [2.75, 3.05) is 26.2 Å². The van der Waals surface area contributed by atoms with Gasteiger partial charge in [-0.15, -0.1) is 0 Å². The van der Waals surface area contributed by atoms with E-state index in [9.17, 15) is 18.4 Å². The number of halogens is 2. The van der Waals surface area contributed by atoms with E-state index in [1.807, 2.05) is 6.92 Å². The predicted molar refractivity (Wildman–Crippen MR) is 108 cm³/mol. The maximum absolute atomic E-state index is 13.7. The number of hydrogen-bond donors (Lipinski definition) is 2. The fraction of sp³-hybridized carbons (Fsp3) is 0.500. The number of nitrogens with zero attached hydrogens (tertiary/aromatic N) is 2. The lowest BCUT2D eigenvalue weighted by Gasteiger charge is -2.18. The molecule has 2 N–H and O–H groups in total. The second kappa shape index (κ2) is 8.53. The minimum Gasteiger partial charge on any atom is -0.357 e. The summed E-state index contributed by atoms with van der Waals surface area (Å²) in [6.45, 7) is 3.36. The van der Waals surface area contributed by atoms with Crippen LogP contribution in [0.5, 0.6) is 0 Å². The molecule has 30 heavy (non-hydrogen) atoms. The van der Waals surface area contributed by atoms with Crippen molar-refractivity contribution < 1.29 is 18.4 Å². The monoisotopic (exact) mass is 416 g/mol. The number of amides is 2. The van der Waals surface area contributed by atoms with Crippen LogP contribution in [0.25, 0.3) is 0 Å². The number of hydrogen-bond acceptors (Lipinski definition) is 3. The molecule has 0 spiro atoms. The van der Waals surface area contributed by atoms with Crippen molar-refractivity contribution in [1.29, 1.82) is 0 Å². The van der Waals surface area contributed by atoms with Crippen molar-refractivity contribution in [2.45, 2.75) is 19.8 Å². The Morgan fingerprint density at radius 1 is 1.10 bits per heavy atom. The molecular formula is C22H26F2N4O2. The number of carbonyl (C=O) groups excluding carboxylic acids is 2. The van der Waals surface area contributed by atoms with Gasteiger partial charge in [-0.1, -0.05) is 18.2 Å². The van der Waals surface area contributed by atoms with Crippen LogP contribution in [0.3, 0.4) is 0 Å². The zero-order chi connectivity index (χ0) is 21.3. The van der Waals surface area contributed by atoms with Gasteiger partial charge < -0.3 is 10.6 Å². The average molecular weight is 416 g/mol. The standard InChI is InChI=1S/C22H26F2N4O2/c1-2-25-22(26-9-8-15-16(23)4-3-5-17(15)24)27-10-11-28-20(29)18-13-6-7-14(12-13)19(18)21(28)30/h3-7,13-14,18-19H,2,8-12H2,1H3,(H2,25,26,27). The van der Waals surface area contributed by atoms with E-state index in [4.69, 9.17) is 0 Å². The first-order valence-electron chi connectivity index (χ1n) is 10.5. The molecule has 1 saturated heterocycles. The van der Waals surface area contributed by atoms with Gasteiger partial charge in [0.2, 0.25) is 11.8 Å². The SMILES string of the molecule is CCNC(=NCCc1c(F)cccc1F)NCCN1C(=O)C2C3C=CC(C3)C2C1=O. The summed E-state index contributed by atoms with van der Waals surface area (Å²) < 4.78 is 27.5. The van der Waals surface area contributed by atoms with Crippen LogP contribution >= 0.6 is 0 Å². The first kappa shape index (κ1) is 20.5. The van der Waals surface area contributed by atoms with Crippen molar-refractivity contribution in [1.82, 2.24) is 15.5 Å². The highest BCUT2D eigenvalue weighted by molar-refractivity contribution is 6.06. The van der Waals surface area contributed by atoms with Gasteiger partial charge in [0.05, 0.1) is 11.8 Å². The van der Waals surface area contributed by atoms with E-state index >= 15 is 0 Å². The van der Waals surface area contributed by atoms with Crippen molar-refractivity contribution in [3.63, 3.8) is 0 Å². The molecule has 0 aromatic heterocycles. The summed E-state index contributed by atoms with van der Waals surface area (Å²) in [6.07, 6.45) is 5.20. The summed E-state index contributed by atoms with van der Waals surface area (Å²) in [5.41, 5.74) is 0.0140. The van der Waals surface area contributed by atoms with E-state index in [-0.39, 0.29) is 60.6 Å². The number of carbonyl (C=O) groups is 2. The topological polar surface area (TPSA) is 73.8 Å². The number of aliphatic imine (C=N–C) groups is 1. The summed E-state index contributed by atoms with van der Waals surface area (Å²) >= 11 is 0. The second-order valence-corrected chi connectivity index (χ2v) is 7.97. The number of likely N-dealkylation sites (tertiary alicyclic amines) is 1. The van der Waals surface area contributed by atoms with Gasteiger partial charge in [0.1, 0.15) is 11.6 Å². The third-order valence-corrected chi connectivity index (χ3v) is 6.23. The number of rotatable bonds is 7. The Hall–Kier alpha value is -2.77. The highest BCUT2D eigenvalue weighted by Gasteiger charge is 2.58. The van der Waals surface area contributed by atoms with Gasteiger partial charge in [-0.2, -0.15) is 0 Å². The molecule has 4 unspecified atom stereocenters. The molecule has 0 radical (unpaired) electrons. The van der Waals surface area contributed by atoms with Gasteiger partial charge in [0.25, 0.3) is 0 Å². The molecule has 3 aliphatic rings. The van der Waals surface area contributed by atoms with Crippen LogP contribution in [-0.2, 0) is 16.0 Å². The summed E-state index contributed by atoms with van der Waals surface area (Å²) in [4.78, 5) is 31.1. The Labute approximate surface area is 174 Å². The van der Waals surface area contributed by atoms with Crippen molar-refractivity contribution in [3.05, 3.63) is 47.5 Å². The molecular weight excluding hydrogens is 390 g/mol. The quantitative estimate of drug-likeness (QED) is 0.308. The summed E-state index contributed by atoms with van der Waals surface area (Å²) in [5, 5.41) is 6.16. The Morgan fingerprint density at radius 3 is 2.33 bits per heavy atom. The molecule has 2 aliphatic carbocycles. The molecule has 1 aromatic rings. The molecule has 2 amide bonds. The third kappa shape index (κ3) is 3.70. The minimum absolute atomic E-state index is 0.0140. The molecule has 1 saturated carbocycles. The lowest BCUT2D eigenvalue weighted by atomic mass is 9.85. The maximum atomic E-state index is 13.7. The van der Waals surface area contributed by atoms with Gasteiger partial charge in [0, 0.05) is 31.7 Å². The van der Waals surface area contributed by atoms with E-state index < -0.39 is 11.6 Å². The zero-order valence-electron chi connectivity index (χ0n) is 16.9. The third-order valence-electron chi connectivity index (χ3n) is 6.23. The van der Waals surface area contributed by atoms with Crippen LogP contribution in [0.4, 0.5) is 8.78 Å². The van der Waals surface area contributed by atoms with Crippen LogP contribution in [0.2, 0.25) is 0 Å². The van der Waals surface area contributed by atoms with Crippen LogP contribution in [0.1, 0.15) is 18.9 Å². The van der Waals surface area contributed by atoms with Gasteiger partial charge in [-0.25, -0.2) is 8.78 Å². The van der Waals surface area contributed by atoms with Gasteiger partial charge in [-0.3, -0.25) is 19.5 Å². The fourth-order valence-corrected chi connectivity index (χ4v) is 4.86. The van der Waals surface area contributed by atoms with Crippen LogP contribution in [-0.4, -0.2) is 48.9 Å². The number of guanidine groups is 1. The normalized spacial score (nSPS) is 27.2. The second-order valence-electron chi connectivity index (χ2n) is 7.97. The average Bonchev–Trinajstić information content (AvgIpc) is 3.39. The van der Waals surface area contributed by atoms with E-state index in [2.05, 4.69) is 27.8 Å². The molecule has 1 aliphatic heterocycles. The zero-order valence-corrected chi connectivity index (χ0v) is 16.9. The first-order chi connectivity index (χ1) is 14.5. The molecule has 6 nitrogen and oxygen atoms in total. The highest BCUT2D eigenvalue weighted by Crippen LogP contribution is 2.52. The Balaban J connectivity index is 1.31. The Morgan fingerprint density at radius 2 is 1.73 bits per heavy atom. The largest absolute Gasteiger partial charge is 0.357 e. The molecule has 4 rings (SSSR count). The highest BCUT2D eigenvalue weighted by atomic mass is 19.1. The Kier molecular flexibility index (Phi) is 5.83. The fourth-order valence-electron chi connectivity index (χ4n) is 4.86. The molecule has 1 aromatic carbocycles. The minimum atomic E-state index is -0.580. The van der Waals surface area contributed by atoms with Gasteiger partial charge in [-0.05, 0) is 43.7 Å². The number of fused-ring (bicyclic) bond motifs is 5. The first-order valence-corrected chi connectivity index (χ1v) is 10.5. The molecule has 1 heterocycles. The molecule has 2 fully saturated rings. The predicted octanol–water partition coefficient (Wildman–Crippen LogP) is 1.87. The molecule has 4 atom stereocenters. The van der Waals surface area contributed by atoms with Crippen molar-refractivity contribution in [2.24, 2.45) is 28.7 Å². The number of nitrogens with one attached hydrogen (secondary N) is 2. The Bertz CT molecular complexity index is 851. The molecule has 2 bridgehead atoms. The summed E-state index contributed by atoms with van der Waals surface area (Å²) in [6, 6.07) is 3.79. The summed E-state index contributed by atoms with van der Waals surface area (Å²) in [5.74, 6) is -0.794. The van der Waals surface area contributed by atoms with Gasteiger partial charge >= 0.3 is 0 Å². The number of imide groups is 1. The van der Waals surface area contributed by atoms with E-state index in [1.54, 1.807) is 0 Å². The van der Waals surface area contributed by atoms with E-state index in [0.29, 0.717) is 19.0 Å². The van der Waals surface area contributed by atoms with Crippen molar-refractivity contribution in [3.8, 4) is 0 Å².